The summed E-state index contributed by atoms with van der Waals surface area (Å²) in [5.41, 5.74) is -2.45. The molecule has 3 rings (SSSR count). The molecule has 13 nitrogen and oxygen atoms in total. The van der Waals surface area contributed by atoms with Gasteiger partial charge in [-0.05, 0) is 39.8 Å². The number of carbonyl (C=O) groups excluding carboxylic acids is 1. The summed E-state index contributed by atoms with van der Waals surface area (Å²) in [5, 5.41) is 24.4. The maximum absolute atomic E-state index is 13.7. The van der Waals surface area contributed by atoms with Gasteiger partial charge in [-0.15, -0.1) is 0 Å². The van der Waals surface area contributed by atoms with Crippen molar-refractivity contribution in [2.75, 3.05) is 13.7 Å². The zero-order valence-electron chi connectivity index (χ0n) is 21.1. The number of benzene rings is 1. The Morgan fingerprint density at radius 3 is 2.57 bits per heavy atom. The number of hydrogen-bond acceptors (Lipinski definition) is 11. The molecule has 14 heteroatoms. The topological polar surface area (TPSA) is 168 Å². The van der Waals surface area contributed by atoms with Gasteiger partial charge < -0.3 is 28.9 Å². The third-order valence-electron chi connectivity index (χ3n) is 5.43. The molecule has 2 heterocycles. The van der Waals surface area contributed by atoms with Gasteiger partial charge >= 0.3 is 19.7 Å². The number of ether oxygens (including phenoxy) is 3. The summed E-state index contributed by atoms with van der Waals surface area (Å²) in [4.78, 5) is 27.6. The van der Waals surface area contributed by atoms with Gasteiger partial charge in [-0.3, -0.25) is 18.7 Å². The number of carbonyl (C=O) groups is 1. The molecule has 2 aromatic rings. The van der Waals surface area contributed by atoms with Gasteiger partial charge in [-0.1, -0.05) is 18.2 Å². The van der Waals surface area contributed by atoms with Crippen molar-refractivity contribution in [3.05, 3.63) is 52.9 Å². The number of aliphatic hydroxyl groups excluding tert-OH is 1. The van der Waals surface area contributed by atoms with Gasteiger partial charge in [0.2, 0.25) is 0 Å². The molecule has 0 amide bonds. The highest BCUT2D eigenvalue weighted by Gasteiger charge is 2.54. The number of esters is 1. The van der Waals surface area contributed by atoms with Crippen LogP contribution in [0.2, 0.25) is 0 Å². The van der Waals surface area contributed by atoms with E-state index in [0.717, 1.165) is 6.07 Å². The van der Waals surface area contributed by atoms with Crippen LogP contribution in [0.1, 0.15) is 33.9 Å². The second-order valence-corrected chi connectivity index (χ2v) is 10.6. The summed E-state index contributed by atoms with van der Waals surface area (Å²) in [7, 11) is -2.95. The minimum absolute atomic E-state index is 0.149. The number of nitrogens with zero attached hydrogens (tertiary/aromatic N) is 2. The summed E-state index contributed by atoms with van der Waals surface area (Å²) < 4.78 is 42.2. The van der Waals surface area contributed by atoms with E-state index in [9.17, 15) is 24.4 Å². The lowest BCUT2D eigenvalue weighted by molar-refractivity contribution is -0.149. The zero-order chi connectivity index (χ0) is 27.4. The molecule has 0 radical (unpaired) electrons. The lowest BCUT2D eigenvalue weighted by atomic mass is 9.96. The molecule has 3 N–H and O–H groups in total. The Kier molecular flexibility index (Phi) is 9.11. The smallest absolute Gasteiger partial charge is 0.459 e. The van der Waals surface area contributed by atoms with Crippen molar-refractivity contribution >= 4 is 13.7 Å². The highest BCUT2D eigenvalue weighted by Crippen LogP contribution is 2.47. The Morgan fingerprint density at radius 2 is 1.95 bits per heavy atom. The molecule has 1 aromatic carbocycles. The lowest BCUT2D eigenvalue weighted by Crippen LogP contribution is -2.45. The van der Waals surface area contributed by atoms with Crippen molar-refractivity contribution in [1.29, 1.82) is 0 Å². The van der Waals surface area contributed by atoms with Gasteiger partial charge in [0.15, 0.2) is 6.23 Å². The van der Waals surface area contributed by atoms with Crippen molar-refractivity contribution in [2.24, 2.45) is 0 Å². The van der Waals surface area contributed by atoms with Crippen LogP contribution in [0.4, 0.5) is 0 Å². The van der Waals surface area contributed by atoms with Gasteiger partial charge in [-0.2, -0.15) is 10.1 Å². The molecule has 37 heavy (non-hydrogen) atoms. The molecule has 204 valence electrons. The Labute approximate surface area is 213 Å². The largest absolute Gasteiger partial charge is 0.468 e. The van der Waals surface area contributed by atoms with Crippen molar-refractivity contribution in [3.63, 3.8) is 0 Å². The van der Waals surface area contributed by atoms with Crippen LogP contribution in [-0.2, 0) is 23.4 Å². The lowest BCUT2D eigenvalue weighted by Gasteiger charge is -2.28. The number of nitrogens with one attached hydrogen (secondary N) is 1. The van der Waals surface area contributed by atoms with E-state index in [1.165, 1.54) is 31.7 Å². The molecule has 1 fully saturated rings. The first-order valence-corrected chi connectivity index (χ1v) is 13.1. The van der Waals surface area contributed by atoms with E-state index >= 15 is 0 Å². The standard InChI is InChI=1S/C23H32N3O10P/c1-14(2)34-20(29)15(3)25-37(31,36-16-9-7-6-8-10-16)33-13-17-19(28)23(4,30)21(35-17)26-12-11-18(27)24-22(26)32-5/h6-12,14-15,17,19,21,28,30H,13H2,1-5H3,(H,25,31)/t15-,17+,19+,21+,23+,37-/m0/s1. The third-order valence-corrected chi connectivity index (χ3v) is 7.07. The zero-order valence-corrected chi connectivity index (χ0v) is 22.0. The van der Waals surface area contributed by atoms with Crippen molar-refractivity contribution in [3.8, 4) is 11.8 Å². The Bertz CT molecular complexity index is 1170. The SMILES string of the molecule is COc1nc(=O)ccn1[C@@H]1O[C@H](CO[P@@](=O)(N[C@@H](C)C(=O)OC(C)C)Oc2ccccc2)[C@@H](O)[C@@]1(C)O. The Hall–Kier alpha value is -2.80. The third kappa shape index (κ3) is 6.95. The van der Waals surface area contributed by atoms with Crippen LogP contribution < -0.4 is 19.9 Å². The fourth-order valence-corrected chi connectivity index (χ4v) is 5.11. The van der Waals surface area contributed by atoms with Gasteiger partial charge in [0.1, 0.15) is 29.6 Å². The molecular formula is C23H32N3O10P. The van der Waals surface area contributed by atoms with Crippen molar-refractivity contribution in [1.82, 2.24) is 14.6 Å². The molecule has 0 spiro atoms. The molecule has 0 unspecified atom stereocenters. The summed E-state index contributed by atoms with van der Waals surface area (Å²) in [5.74, 6) is -0.474. The van der Waals surface area contributed by atoms with E-state index < -0.39 is 62.1 Å². The van der Waals surface area contributed by atoms with Crippen molar-refractivity contribution in [2.45, 2.75) is 63.9 Å². The van der Waals surface area contributed by atoms with Crippen LogP contribution >= 0.6 is 7.75 Å². The van der Waals surface area contributed by atoms with E-state index in [0.29, 0.717) is 0 Å². The summed E-state index contributed by atoms with van der Waals surface area (Å²) >= 11 is 0. The first-order chi connectivity index (χ1) is 17.4. The van der Waals surface area contributed by atoms with Crippen LogP contribution in [0.5, 0.6) is 11.8 Å². The molecule has 1 aliphatic heterocycles. The molecule has 0 bridgehead atoms. The minimum Gasteiger partial charge on any atom is -0.468 e. The van der Waals surface area contributed by atoms with E-state index in [1.807, 2.05) is 0 Å². The minimum atomic E-state index is -4.24. The molecule has 1 aromatic heterocycles. The van der Waals surface area contributed by atoms with Crippen LogP contribution in [-0.4, -0.2) is 69.4 Å². The van der Waals surface area contributed by atoms with Crippen LogP contribution in [0.3, 0.4) is 0 Å². The van der Waals surface area contributed by atoms with Gasteiger partial charge in [0.25, 0.3) is 5.56 Å². The van der Waals surface area contributed by atoms with Gasteiger partial charge in [-0.25, -0.2) is 4.57 Å². The fraction of sp³-hybridized carbons (Fsp3) is 0.522. The van der Waals surface area contributed by atoms with Crippen LogP contribution in [0.15, 0.2) is 47.4 Å². The summed E-state index contributed by atoms with van der Waals surface area (Å²) in [6.45, 7) is 5.60. The van der Waals surface area contributed by atoms with Gasteiger partial charge in [0.05, 0.1) is 19.8 Å². The molecule has 1 saturated heterocycles. The number of rotatable bonds is 11. The molecular weight excluding hydrogens is 509 g/mol. The normalized spacial score (nSPS) is 25.9. The fourth-order valence-electron chi connectivity index (χ4n) is 3.61. The summed E-state index contributed by atoms with van der Waals surface area (Å²) in [6, 6.07) is 8.07. The number of methoxy groups -OCH3 is 1. The molecule has 6 atom stereocenters. The molecule has 0 saturated carbocycles. The Balaban J connectivity index is 1.81. The summed E-state index contributed by atoms with van der Waals surface area (Å²) in [6.07, 6.45) is -3.04. The average molecular weight is 541 g/mol. The maximum Gasteiger partial charge on any atom is 0.459 e. The van der Waals surface area contributed by atoms with E-state index in [1.54, 1.807) is 44.2 Å². The first kappa shape index (κ1) is 28.8. The molecule has 1 aliphatic rings. The van der Waals surface area contributed by atoms with E-state index in [-0.39, 0.29) is 11.8 Å². The maximum atomic E-state index is 13.7. The van der Waals surface area contributed by atoms with E-state index in [2.05, 4.69) is 10.1 Å². The van der Waals surface area contributed by atoms with E-state index in [4.69, 9.17) is 23.3 Å². The number of hydrogen-bond donors (Lipinski definition) is 3. The second kappa shape index (κ2) is 11.7. The predicted octanol–water partition coefficient (Wildman–Crippen LogP) is 1.39. The van der Waals surface area contributed by atoms with Crippen LogP contribution in [0, 0.1) is 0 Å². The second-order valence-electron chi connectivity index (χ2n) is 8.89. The van der Waals surface area contributed by atoms with Gasteiger partial charge in [0, 0.05) is 12.3 Å². The highest BCUT2D eigenvalue weighted by molar-refractivity contribution is 7.52. The monoisotopic (exact) mass is 541 g/mol. The number of aliphatic hydroxyl groups is 2. The first-order valence-electron chi connectivity index (χ1n) is 11.5. The number of aromatic nitrogens is 2. The molecule has 0 aliphatic carbocycles. The van der Waals surface area contributed by atoms with Crippen LogP contribution in [0.25, 0.3) is 0 Å². The Morgan fingerprint density at radius 1 is 1.27 bits per heavy atom. The number of para-hydroxylation sites is 1. The highest BCUT2D eigenvalue weighted by atomic mass is 31.2. The van der Waals surface area contributed by atoms with Crippen molar-refractivity contribution < 1.29 is 42.8 Å². The quantitative estimate of drug-likeness (QED) is 0.277. The predicted molar refractivity (Wildman–Crippen MR) is 130 cm³/mol. The average Bonchev–Trinajstić information content (AvgIpc) is 3.06.